The fourth-order valence-corrected chi connectivity index (χ4v) is 3.68. The number of rotatable bonds is 14. The smallest absolute Gasteiger partial charge is 0.240 e. The topological polar surface area (TPSA) is 55.4 Å². The van der Waals surface area contributed by atoms with E-state index >= 15 is 0 Å². The van der Waals surface area contributed by atoms with Crippen molar-refractivity contribution < 1.29 is 13.2 Å². The van der Waals surface area contributed by atoms with Crippen molar-refractivity contribution in [2.45, 2.75) is 76.5 Å². The van der Waals surface area contributed by atoms with Crippen LogP contribution in [0.15, 0.2) is 29.2 Å². The van der Waals surface area contributed by atoms with Gasteiger partial charge in [-0.3, -0.25) is 0 Å². The first-order valence-corrected chi connectivity index (χ1v) is 10.8. The lowest BCUT2D eigenvalue weighted by Crippen LogP contribution is -2.24. The SMILES string of the molecule is CCCCCCCCCCCNS(=O)(=O)c1ccc(OCC)cc1. The van der Waals surface area contributed by atoms with Gasteiger partial charge in [-0.2, -0.15) is 0 Å². The molecule has 1 N–H and O–H groups in total. The van der Waals surface area contributed by atoms with Crippen molar-refractivity contribution in [3.63, 3.8) is 0 Å². The number of benzene rings is 1. The molecule has 0 aliphatic rings. The van der Waals surface area contributed by atoms with Gasteiger partial charge in [0.05, 0.1) is 11.5 Å². The third kappa shape index (κ3) is 8.69. The Hall–Kier alpha value is -1.07. The molecule has 0 radical (unpaired) electrons. The molecule has 0 aliphatic carbocycles. The third-order valence-electron chi connectivity index (χ3n) is 4.02. The van der Waals surface area contributed by atoms with E-state index in [2.05, 4.69) is 11.6 Å². The number of nitrogens with one attached hydrogen (secondary N) is 1. The van der Waals surface area contributed by atoms with Gasteiger partial charge in [-0.1, -0.05) is 58.3 Å². The summed E-state index contributed by atoms with van der Waals surface area (Å²) in [4.78, 5) is 0.293. The van der Waals surface area contributed by atoms with Crippen LogP contribution in [0.4, 0.5) is 0 Å². The zero-order chi connectivity index (χ0) is 17.7. The largest absolute Gasteiger partial charge is 0.494 e. The summed E-state index contributed by atoms with van der Waals surface area (Å²) in [7, 11) is -3.41. The van der Waals surface area contributed by atoms with E-state index in [1.54, 1.807) is 24.3 Å². The molecule has 0 saturated heterocycles. The first-order valence-electron chi connectivity index (χ1n) is 9.32. The van der Waals surface area contributed by atoms with Crippen molar-refractivity contribution >= 4 is 10.0 Å². The number of hydrogen-bond donors (Lipinski definition) is 1. The van der Waals surface area contributed by atoms with E-state index in [1.807, 2.05) is 6.92 Å². The van der Waals surface area contributed by atoms with Gasteiger partial charge in [0.2, 0.25) is 10.0 Å². The van der Waals surface area contributed by atoms with Crippen LogP contribution in [-0.4, -0.2) is 21.6 Å². The molecule has 0 unspecified atom stereocenters. The standard InChI is InChI=1S/C19H33NO3S/c1-3-5-6-7-8-9-10-11-12-17-20-24(21,22)19-15-13-18(14-16-19)23-4-2/h13-16,20H,3-12,17H2,1-2H3. The first-order chi connectivity index (χ1) is 11.6. The van der Waals surface area contributed by atoms with Crippen molar-refractivity contribution in [2.75, 3.05) is 13.2 Å². The lowest BCUT2D eigenvalue weighted by Gasteiger charge is -2.08. The Morgan fingerprint density at radius 2 is 1.38 bits per heavy atom. The Balaban J connectivity index is 2.17. The summed E-state index contributed by atoms with van der Waals surface area (Å²) in [5.41, 5.74) is 0. The maximum absolute atomic E-state index is 12.2. The van der Waals surface area contributed by atoms with Crippen molar-refractivity contribution in [1.29, 1.82) is 0 Å². The van der Waals surface area contributed by atoms with E-state index < -0.39 is 10.0 Å². The summed E-state index contributed by atoms with van der Waals surface area (Å²) in [6.07, 6.45) is 11.0. The van der Waals surface area contributed by atoms with Gasteiger partial charge in [0.1, 0.15) is 5.75 Å². The Kier molecular flexibility index (Phi) is 10.8. The normalized spacial score (nSPS) is 11.6. The van der Waals surface area contributed by atoms with Crippen LogP contribution in [0, 0.1) is 0 Å². The molecule has 138 valence electrons. The zero-order valence-corrected chi connectivity index (χ0v) is 16.0. The summed E-state index contributed by atoms with van der Waals surface area (Å²) < 4.78 is 32.4. The minimum Gasteiger partial charge on any atom is -0.494 e. The molecule has 0 spiro atoms. The Bertz CT molecular complexity index is 526. The second-order valence-electron chi connectivity index (χ2n) is 6.13. The second kappa shape index (κ2) is 12.3. The molecule has 5 heteroatoms. The highest BCUT2D eigenvalue weighted by Crippen LogP contribution is 2.16. The van der Waals surface area contributed by atoms with Crippen LogP contribution in [-0.2, 0) is 10.0 Å². The number of ether oxygens (including phenoxy) is 1. The van der Waals surface area contributed by atoms with Crippen LogP contribution in [0.2, 0.25) is 0 Å². The first kappa shape index (κ1) is 21.0. The van der Waals surface area contributed by atoms with Crippen LogP contribution >= 0.6 is 0 Å². The lowest BCUT2D eigenvalue weighted by atomic mass is 10.1. The summed E-state index contributed by atoms with van der Waals surface area (Å²) >= 11 is 0. The molecule has 0 aliphatic heterocycles. The van der Waals surface area contributed by atoms with Crippen molar-refractivity contribution in [2.24, 2.45) is 0 Å². The maximum Gasteiger partial charge on any atom is 0.240 e. The molecule has 0 saturated carbocycles. The van der Waals surface area contributed by atoms with Gasteiger partial charge in [-0.25, -0.2) is 13.1 Å². The van der Waals surface area contributed by atoms with Crippen LogP contribution < -0.4 is 9.46 Å². The van der Waals surface area contributed by atoms with Gasteiger partial charge in [-0.05, 0) is 37.6 Å². The van der Waals surface area contributed by atoms with Crippen molar-refractivity contribution in [3.8, 4) is 5.75 Å². The zero-order valence-electron chi connectivity index (χ0n) is 15.2. The average molecular weight is 356 g/mol. The fourth-order valence-electron chi connectivity index (χ4n) is 2.61. The predicted molar refractivity (Wildman–Crippen MR) is 100 cm³/mol. The monoisotopic (exact) mass is 355 g/mol. The lowest BCUT2D eigenvalue weighted by molar-refractivity contribution is 0.340. The molecule has 0 heterocycles. The third-order valence-corrected chi connectivity index (χ3v) is 5.49. The van der Waals surface area contributed by atoms with Gasteiger partial charge >= 0.3 is 0 Å². The summed E-state index contributed by atoms with van der Waals surface area (Å²) in [6, 6.07) is 6.56. The Morgan fingerprint density at radius 1 is 0.833 bits per heavy atom. The summed E-state index contributed by atoms with van der Waals surface area (Å²) in [5, 5.41) is 0. The van der Waals surface area contributed by atoms with Crippen molar-refractivity contribution in [1.82, 2.24) is 4.72 Å². The molecule has 0 amide bonds. The molecule has 24 heavy (non-hydrogen) atoms. The molecule has 1 aromatic rings. The molecule has 1 aromatic carbocycles. The van der Waals surface area contributed by atoms with E-state index in [4.69, 9.17) is 4.74 Å². The molecule has 0 bridgehead atoms. The van der Waals surface area contributed by atoms with Gasteiger partial charge in [0, 0.05) is 6.54 Å². The molecule has 0 atom stereocenters. The number of hydrogen-bond acceptors (Lipinski definition) is 3. The van der Waals surface area contributed by atoms with E-state index in [0.29, 0.717) is 23.8 Å². The minimum atomic E-state index is -3.41. The quantitative estimate of drug-likeness (QED) is 0.483. The highest BCUT2D eigenvalue weighted by atomic mass is 32.2. The molecular formula is C19H33NO3S. The van der Waals surface area contributed by atoms with E-state index in [-0.39, 0.29) is 0 Å². The van der Waals surface area contributed by atoms with Crippen LogP contribution in [0.1, 0.15) is 71.6 Å². The van der Waals surface area contributed by atoms with Gasteiger partial charge < -0.3 is 4.74 Å². The van der Waals surface area contributed by atoms with Gasteiger partial charge in [0.25, 0.3) is 0 Å². The van der Waals surface area contributed by atoms with Gasteiger partial charge in [-0.15, -0.1) is 0 Å². The van der Waals surface area contributed by atoms with Crippen LogP contribution in [0.5, 0.6) is 5.75 Å². The van der Waals surface area contributed by atoms with Crippen molar-refractivity contribution in [3.05, 3.63) is 24.3 Å². The highest BCUT2D eigenvalue weighted by molar-refractivity contribution is 7.89. The summed E-state index contributed by atoms with van der Waals surface area (Å²) in [5.74, 6) is 0.690. The van der Waals surface area contributed by atoms with E-state index in [0.717, 1.165) is 12.8 Å². The molecular weight excluding hydrogens is 322 g/mol. The van der Waals surface area contributed by atoms with E-state index in [9.17, 15) is 8.42 Å². The average Bonchev–Trinajstić information content (AvgIpc) is 2.57. The fraction of sp³-hybridized carbons (Fsp3) is 0.684. The predicted octanol–water partition coefficient (Wildman–Crippen LogP) is 4.89. The molecule has 4 nitrogen and oxygen atoms in total. The summed E-state index contributed by atoms with van der Waals surface area (Å²) in [6.45, 7) is 5.21. The van der Waals surface area contributed by atoms with Crippen LogP contribution in [0.25, 0.3) is 0 Å². The molecule has 0 fully saturated rings. The Morgan fingerprint density at radius 3 is 1.92 bits per heavy atom. The maximum atomic E-state index is 12.2. The second-order valence-corrected chi connectivity index (χ2v) is 7.90. The highest BCUT2D eigenvalue weighted by Gasteiger charge is 2.12. The van der Waals surface area contributed by atoms with E-state index in [1.165, 1.54) is 44.9 Å². The molecule has 1 rings (SSSR count). The molecule has 0 aromatic heterocycles. The minimum absolute atomic E-state index is 0.293. The number of sulfonamides is 1. The van der Waals surface area contributed by atoms with Gasteiger partial charge in [0.15, 0.2) is 0 Å². The van der Waals surface area contributed by atoms with Crippen LogP contribution in [0.3, 0.4) is 0 Å². The number of unbranched alkanes of at least 4 members (excludes halogenated alkanes) is 8. The Labute approximate surface area is 148 Å².